The third-order valence-electron chi connectivity index (χ3n) is 4.64. The second kappa shape index (κ2) is 11.4. The Balaban J connectivity index is 1.65. The van der Waals surface area contributed by atoms with Crippen molar-refractivity contribution in [2.75, 3.05) is 11.1 Å². The topological polar surface area (TPSA) is 88.9 Å². The Morgan fingerprint density at radius 1 is 1.15 bits per heavy atom. The minimum absolute atomic E-state index is 0.111. The first-order chi connectivity index (χ1) is 15.8. The Bertz CT molecular complexity index is 1160. The van der Waals surface area contributed by atoms with Crippen LogP contribution in [0.3, 0.4) is 0 Å². The Labute approximate surface area is 206 Å². The summed E-state index contributed by atoms with van der Waals surface area (Å²) in [7, 11) is 0. The number of carbonyl (C=O) groups excluding carboxylic acids is 2. The molecular formula is C23H23Cl2N5O2S. The van der Waals surface area contributed by atoms with Gasteiger partial charge in [-0.1, -0.05) is 58.7 Å². The molecule has 0 aliphatic carbocycles. The molecule has 2 N–H and O–H groups in total. The van der Waals surface area contributed by atoms with Gasteiger partial charge in [-0.25, -0.2) is 0 Å². The van der Waals surface area contributed by atoms with Gasteiger partial charge in [0.05, 0.1) is 21.8 Å². The first-order valence-electron chi connectivity index (χ1n) is 10.1. The van der Waals surface area contributed by atoms with Gasteiger partial charge in [-0.3, -0.25) is 9.59 Å². The molecule has 7 nitrogen and oxygen atoms in total. The molecule has 0 saturated heterocycles. The molecule has 1 aromatic heterocycles. The van der Waals surface area contributed by atoms with Crippen LogP contribution in [0.5, 0.6) is 0 Å². The van der Waals surface area contributed by atoms with Crippen LogP contribution in [0.2, 0.25) is 10.0 Å². The van der Waals surface area contributed by atoms with E-state index in [0.29, 0.717) is 38.8 Å². The average molecular weight is 504 g/mol. The minimum atomic E-state index is -0.398. The highest BCUT2D eigenvalue weighted by molar-refractivity contribution is 7.99. The Morgan fingerprint density at radius 3 is 2.55 bits per heavy atom. The van der Waals surface area contributed by atoms with Gasteiger partial charge in [-0.05, 0) is 44.2 Å². The van der Waals surface area contributed by atoms with Gasteiger partial charge in [-0.2, -0.15) is 0 Å². The molecule has 0 bridgehead atoms. The molecule has 3 rings (SSSR count). The quantitative estimate of drug-likeness (QED) is 0.305. The number of halogens is 2. The molecular weight excluding hydrogens is 481 g/mol. The molecule has 0 fully saturated rings. The maximum absolute atomic E-state index is 12.6. The maximum atomic E-state index is 12.6. The lowest BCUT2D eigenvalue weighted by Crippen LogP contribution is -2.28. The Morgan fingerprint density at radius 2 is 1.88 bits per heavy atom. The number of aryl methyl sites for hydroxylation is 1. The largest absolute Gasteiger partial charge is 0.342 e. The fourth-order valence-electron chi connectivity index (χ4n) is 2.98. The van der Waals surface area contributed by atoms with Crippen LogP contribution in [0.25, 0.3) is 0 Å². The van der Waals surface area contributed by atoms with Crippen LogP contribution >= 0.6 is 35.0 Å². The van der Waals surface area contributed by atoms with Gasteiger partial charge in [0.2, 0.25) is 5.91 Å². The number of rotatable bonds is 9. The van der Waals surface area contributed by atoms with E-state index in [1.165, 1.54) is 11.8 Å². The van der Waals surface area contributed by atoms with Crippen molar-refractivity contribution in [2.45, 2.75) is 31.6 Å². The monoisotopic (exact) mass is 503 g/mol. The first-order valence-corrected chi connectivity index (χ1v) is 11.8. The summed E-state index contributed by atoms with van der Waals surface area (Å²) < 4.78 is 1.82. The van der Waals surface area contributed by atoms with E-state index >= 15 is 0 Å². The van der Waals surface area contributed by atoms with E-state index in [4.69, 9.17) is 23.2 Å². The van der Waals surface area contributed by atoms with Crippen molar-refractivity contribution in [3.05, 3.63) is 82.1 Å². The van der Waals surface area contributed by atoms with E-state index in [9.17, 15) is 9.59 Å². The number of nitrogens with zero attached hydrogens (tertiary/aromatic N) is 3. The number of benzene rings is 2. The van der Waals surface area contributed by atoms with Crippen LogP contribution in [-0.4, -0.2) is 32.3 Å². The fraction of sp³-hybridized carbons (Fsp3) is 0.217. The summed E-state index contributed by atoms with van der Waals surface area (Å²) in [5.41, 5.74) is 2.20. The third-order valence-corrected chi connectivity index (χ3v) is 6.35. The molecule has 0 aliphatic rings. The van der Waals surface area contributed by atoms with Crippen molar-refractivity contribution < 1.29 is 9.59 Å². The molecule has 0 unspecified atom stereocenters. The summed E-state index contributed by atoms with van der Waals surface area (Å²) in [5, 5.41) is 15.5. The van der Waals surface area contributed by atoms with Crippen molar-refractivity contribution in [3.63, 3.8) is 0 Å². The SMILES string of the molecule is C=CCn1c(SCC(=O)Nc2ccc(Cl)c(Cl)c2)nnc1[C@@H](C)NC(=O)c1ccc(C)cc1. The van der Waals surface area contributed by atoms with Crippen LogP contribution in [0.15, 0.2) is 60.3 Å². The van der Waals surface area contributed by atoms with E-state index in [2.05, 4.69) is 27.4 Å². The van der Waals surface area contributed by atoms with Gasteiger partial charge in [0.15, 0.2) is 11.0 Å². The number of anilines is 1. The van der Waals surface area contributed by atoms with Gasteiger partial charge in [-0.15, -0.1) is 16.8 Å². The van der Waals surface area contributed by atoms with E-state index in [0.717, 1.165) is 5.56 Å². The molecule has 0 saturated carbocycles. The normalized spacial score (nSPS) is 11.6. The van der Waals surface area contributed by atoms with Crippen LogP contribution in [0, 0.1) is 6.92 Å². The number of carbonyl (C=O) groups is 2. The second-order valence-electron chi connectivity index (χ2n) is 7.27. The lowest BCUT2D eigenvalue weighted by Gasteiger charge is -2.15. The molecule has 1 heterocycles. The molecule has 33 heavy (non-hydrogen) atoms. The molecule has 172 valence electrons. The molecule has 0 spiro atoms. The highest BCUT2D eigenvalue weighted by Crippen LogP contribution is 2.26. The lowest BCUT2D eigenvalue weighted by molar-refractivity contribution is -0.113. The molecule has 2 amide bonds. The number of thioether (sulfide) groups is 1. The van der Waals surface area contributed by atoms with Gasteiger partial charge in [0, 0.05) is 17.8 Å². The summed E-state index contributed by atoms with van der Waals surface area (Å²) in [6.45, 7) is 8.02. The summed E-state index contributed by atoms with van der Waals surface area (Å²) in [4.78, 5) is 25.0. The Kier molecular flexibility index (Phi) is 8.55. The van der Waals surface area contributed by atoms with Crippen molar-refractivity contribution in [2.24, 2.45) is 0 Å². The van der Waals surface area contributed by atoms with Crippen LogP contribution < -0.4 is 10.6 Å². The summed E-state index contributed by atoms with van der Waals surface area (Å²) in [6, 6.07) is 11.8. The summed E-state index contributed by atoms with van der Waals surface area (Å²) in [5.74, 6) is 0.252. The van der Waals surface area contributed by atoms with Gasteiger partial charge >= 0.3 is 0 Å². The van der Waals surface area contributed by atoms with E-state index in [1.54, 1.807) is 36.4 Å². The number of allylic oxidation sites excluding steroid dienone is 1. The zero-order valence-electron chi connectivity index (χ0n) is 18.1. The predicted octanol–water partition coefficient (Wildman–Crippen LogP) is 5.30. The Hall–Kier alpha value is -2.81. The highest BCUT2D eigenvalue weighted by atomic mass is 35.5. The highest BCUT2D eigenvalue weighted by Gasteiger charge is 2.20. The molecule has 3 aromatic rings. The fourth-order valence-corrected chi connectivity index (χ4v) is 4.03. The number of hydrogen-bond donors (Lipinski definition) is 2. The summed E-state index contributed by atoms with van der Waals surface area (Å²) >= 11 is 13.1. The minimum Gasteiger partial charge on any atom is -0.342 e. The van der Waals surface area contributed by atoms with E-state index < -0.39 is 6.04 Å². The van der Waals surface area contributed by atoms with Crippen molar-refractivity contribution in [3.8, 4) is 0 Å². The van der Waals surface area contributed by atoms with E-state index in [-0.39, 0.29) is 17.6 Å². The predicted molar refractivity (Wildman–Crippen MR) is 133 cm³/mol. The molecule has 1 atom stereocenters. The third kappa shape index (κ3) is 6.60. The number of amides is 2. The lowest BCUT2D eigenvalue weighted by atomic mass is 10.1. The summed E-state index contributed by atoms with van der Waals surface area (Å²) in [6.07, 6.45) is 1.71. The number of hydrogen-bond acceptors (Lipinski definition) is 5. The van der Waals surface area contributed by atoms with Crippen molar-refractivity contribution >= 4 is 52.5 Å². The number of aromatic nitrogens is 3. The zero-order chi connectivity index (χ0) is 24.0. The van der Waals surface area contributed by atoms with Crippen LogP contribution in [0.4, 0.5) is 5.69 Å². The molecule has 2 aromatic carbocycles. The molecule has 10 heteroatoms. The molecule has 0 radical (unpaired) electrons. The number of nitrogens with one attached hydrogen (secondary N) is 2. The van der Waals surface area contributed by atoms with E-state index in [1.807, 2.05) is 30.5 Å². The van der Waals surface area contributed by atoms with Gasteiger partial charge < -0.3 is 15.2 Å². The zero-order valence-corrected chi connectivity index (χ0v) is 20.5. The molecule has 0 aliphatic heterocycles. The van der Waals surface area contributed by atoms with Crippen LogP contribution in [-0.2, 0) is 11.3 Å². The standard InChI is InChI=1S/C23H23Cl2N5O2S/c1-4-11-30-21(15(3)26-22(32)16-7-5-14(2)6-8-16)28-29-23(30)33-13-20(31)27-17-9-10-18(24)19(25)12-17/h4-10,12,15H,1,11,13H2,2-3H3,(H,26,32)(H,27,31)/t15-/m1/s1. The van der Waals surface area contributed by atoms with Crippen LogP contribution in [0.1, 0.15) is 34.7 Å². The average Bonchev–Trinajstić information content (AvgIpc) is 3.18. The maximum Gasteiger partial charge on any atom is 0.251 e. The van der Waals surface area contributed by atoms with Gasteiger partial charge in [0.1, 0.15) is 0 Å². The first kappa shape index (κ1) is 24.8. The van der Waals surface area contributed by atoms with Crippen molar-refractivity contribution in [1.29, 1.82) is 0 Å². The van der Waals surface area contributed by atoms with Gasteiger partial charge in [0.25, 0.3) is 5.91 Å². The smallest absolute Gasteiger partial charge is 0.251 e. The second-order valence-corrected chi connectivity index (χ2v) is 9.02. The van der Waals surface area contributed by atoms with Crippen molar-refractivity contribution in [1.82, 2.24) is 20.1 Å².